The van der Waals surface area contributed by atoms with E-state index in [1.807, 2.05) is 44.2 Å². The number of aryl methyl sites for hydroxylation is 2. The average Bonchev–Trinajstić information content (AvgIpc) is 3.12. The van der Waals surface area contributed by atoms with Crippen molar-refractivity contribution in [3.8, 4) is 5.69 Å². The van der Waals surface area contributed by atoms with Gasteiger partial charge in [-0.3, -0.25) is 4.79 Å². The minimum absolute atomic E-state index is 0.186. The first-order chi connectivity index (χ1) is 12.6. The SMILES string of the molecule is Cc1ccc(C)c(-n2nnnc2SCn2nnc3ccccc3c2=O)c1. The van der Waals surface area contributed by atoms with Crippen molar-refractivity contribution in [2.24, 2.45) is 0 Å². The molecule has 0 atom stereocenters. The number of thioether (sulfide) groups is 1. The Kier molecular flexibility index (Phi) is 4.21. The number of hydrogen-bond donors (Lipinski definition) is 0. The van der Waals surface area contributed by atoms with Crippen LogP contribution in [0.4, 0.5) is 0 Å². The van der Waals surface area contributed by atoms with Crippen LogP contribution < -0.4 is 5.56 Å². The van der Waals surface area contributed by atoms with Gasteiger partial charge in [0, 0.05) is 0 Å². The van der Waals surface area contributed by atoms with Gasteiger partial charge in [0.25, 0.3) is 5.56 Å². The van der Waals surface area contributed by atoms with Gasteiger partial charge in [-0.2, -0.15) is 9.36 Å². The molecule has 2 aromatic heterocycles. The molecule has 2 heterocycles. The van der Waals surface area contributed by atoms with Crippen LogP contribution in [0.5, 0.6) is 0 Å². The Morgan fingerprint density at radius 2 is 1.88 bits per heavy atom. The highest BCUT2D eigenvalue weighted by atomic mass is 32.2. The number of hydrogen-bond acceptors (Lipinski definition) is 7. The third-order valence-corrected chi connectivity index (χ3v) is 4.87. The van der Waals surface area contributed by atoms with Crippen molar-refractivity contribution >= 4 is 22.7 Å². The molecule has 0 aliphatic rings. The lowest BCUT2D eigenvalue weighted by atomic mass is 10.1. The topological polar surface area (TPSA) is 91.4 Å². The van der Waals surface area contributed by atoms with Gasteiger partial charge in [-0.1, -0.05) is 41.2 Å². The summed E-state index contributed by atoms with van der Waals surface area (Å²) < 4.78 is 2.99. The van der Waals surface area contributed by atoms with Gasteiger partial charge >= 0.3 is 0 Å². The van der Waals surface area contributed by atoms with Crippen LogP contribution in [0.15, 0.2) is 52.4 Å². The first-order valence-corrected chi connectivity index (χ1v) is 8.93. The Balaban J connectivity index is 1.64. The normalized spacial score (nSPS) is 11.2. The quantitative estimate of drug-likeness (QED) is 0.512. The molecule has 0 radical (unpaired) electrons. The van der Waals surface area contributed by atoms with Gasteiger partial charge < -0.3 is 0 Å². The van der Waals surface area contributed by atoms with E-state index in [-0.39, 0.29) is 11.4 Å². The van der Waals surface area contributed by atoms with Gasteiger partial charge in [-0.05, 0) is 53.6 Å². The number of rotatable bonds is 4. The van der Waals surface area contributed by atoms with Crippen molar-refractivity contribution in [1.29, 1.82) is 0 Å². The summed E-state index contributed by atoms with van der Waals surface area (Å²) in [6, 6.07) is 13.2. The molecule has 0 unspecified atom stereocenters. The van der Waals surface area contributed by atoms with E-state index in [9.17, 15) is 4.79 Å². The summed E-state index contributed by atoms with van der Waals surface area (Å²) in [6.07, 6.45) is 0. The molecule has 0 bridgehead atoms. The summed E-state index contributed by atoms with van der Waals surface area (Å²) in [5, 5.41) is 21.1. The van der Waals surface area contributed by atoms with E-state index in [4.69, 9.17) is 0 Å². The minimum Gasteiger partial charge on any atom is -0.267 e. The fourth-order valence-electron chi connectivity index (χ4n) is 2.59. The standard InChI is InChI=1S/C17H15N7OS/c1-11-7-8-12(2)15(9-11)24-17(19-20-22-24)26-10-23-16(25)13-5-3-4-6-14(13)18-21-23/h3-9H,10H2,1-2H3. The van der Waals surface area contributed by atoms with Crippen LogP contribution in [0.1, 0.15) is 11.1 Å². The summed E-state index contributed by atoms with van der Waals surface area (Å²) in [5.74, 6) is 0.266. The number of benzene rings is 2. The average molecular weight is 365 g/mol. The molecule has 8 nitrogen and oxygen atoms in total. The Labute approximate surface area is 152 Å². The Hall–Kier alpha value is -3.07. The summed E-state index contributed by atoms with van der Waals surface area (Å²) >= 11 is 1.33. The molecule has 9 heteroatoms. The molecule has 0 aliphatic heterocycles. The third kappa shape index (κ3) is 2.97. The first kappa shape index (κ1) is 16.4. The largest absolute Gasteiger partial charge is 0.278 e. The van der Waals surface area contributed by atoms with E-state index >= 15 is 0 Å². The van der Waals surface area contributed by atoms with Crippen molar-refractivity contribution in [2.75, 3.05) is 0 Å². The van der Waals surface area contributed by atoms with Crippen molar-refractivity contribution in [3.05, 3.63) is 63.9 Å². The van der Waals surface area contributed by atoms with Crippen LogP contribution in [0.2, 0.25) is 0 Å². The molecular formula is C17H15N7OS. The van der Waals surface area contributed by atoms with Crippen LogP contribution in [0.3, 0.4) is 0 Å². The maximum Gasteiger partial charge on any atom is 0.278 e. The van der Waals surface area contributed by atoms with Crippen molar-refractivity contribution < 1.29 is 0 Å². The highest BCUT2D eigenvalue weighted by molar-refractivity contribution is 7.98. The summed E-state index contributed by atoms with van der Waals surface area (Å²) in [5.41, 5.74) is 3.49. The lowest BCUT2D eigenvalue weighted by Gasteiger charge is -2.09. The molecule has 26 heavy (non-hydrogen) atoms. The summed E-state index contributed by atoms with van der Waals surface area (Å²) in [6.45, 7) is 4.02. The monoisotopic (exact) mass is 365 g/mol. The molecule has 4 aromatic rings. The molecule has 0 amide bonds. The zero-order valence-corrected chi connectivity index (χ0v) is 15.0. The predicted molar refractivity (Wildman–Crippen MR) is 98.3 cm³/mol. The molecule has 0 saturated heterocycles. The molecule has 130 valence electrons. The lowest BCUT2D eigenvalue weighted by Crippen LogP contribution is -2.23. The second-order valence-electron chi connectivity index (χ2n) is 5.85. The van der Waals surface area contributed by atoms with Crippen LogP contribution in [-0.2, 0) is 5.88 Å². The van der Waals surface area contributed by atoms with Gasteiger partial charge in [-0.15, -0.1) is 10.2 Å². The smallest absolute Gasteiger partial charge is 0.267 e. The first-order valence-electron chi connectivity index (χ1n) is 7.95. The van der Waals surface area contributed by atoms with E-state index in [0.717, 1.165) is 16.8 Å². The number of aromatic nitrogens is 7. The molecule has 0 aliphatic carbocycles. The zero-order chi connectivity index (χ0) is 18.1. The highest BCUT2D eigenvalue weighted by Crippen LogP contribution is 2.22. The highest BCUT2D eigenvalue weighted by Gasteiger charge is 2.13. The van der Waals surface area contributed by atoms with Gasteiger partial charge in [0.15, 0.2) is 0 Å². The summed E-state index contributed by atoms with van der Waals surface area (Å²) in [4.78, 5) is 12.5. The second kappa shape index (κ2) is 6.68. The van der Waals surface area contributed by atoms with E-state index in [2.05, 4.69) is 25.8 Å². The maximum atomic E-state index is 12.5. The Bertz CT molecular complexity index is 1150. The van der Waals surface area contributed by atoms with Gasteiger partial charge in [-0.25, -0.2) is 0 Å². The second-order valence-corrected chi connectivity index (χ2v) is 6.76. The predicted octanol–water partition coefficient (Wildman–Crippen LogP) is 2.13. The number of tetrazole rings is 1. The maximum absolute atomic E-state index is 12.5. The molecule has 0 N–H and O–H groups in total. The number of fused-ring (bicyclic) bond motifs is 1. The van der Waals surface area contributed by atoms with Crippen molar-refractivity contribution in [1.82, 2.24) is 35.2 Å². The number of nitrogens with zero attached hydrogens (tertiary/aromatic N) is 7. The van der Waals surface area contributed by atoms with Crippen LogP contribution in [0.25, 0.3) is 16.6 Å². The molecule has 0 saturated carbocycles. The zero-order valence-electron chi connectivity index (χ0n) is 14.2. The van der Waals surface area contributed by atoms with Crippen molar-refractivity contribution in [3.63, 3.8) is 0 Å². The van der Waals surface area contributed by atoms with E-state index < -0.39 is 0 Å². The van der Waals surface area contributed by atoms with E-state index in [1.165, 1.54) is 16.4 Å². The fraction of sp³-hybridized carbons (Fsp3) is 0.176. The fourth-order valence-corrected chi connectivity index (χ4v) is 3.35. The third-order valence-electron chi connectivity index (χ3n) is 3.98. The van der Waals surface area contributed by atoms with Gasteiger partial charge in [0.1, 0.15) is 5.52 Å². The Morgan fingerprint density at radius 3 is 2.77 bits per heavy atom. The molecule has 0 spiro atoms. The van der Waals surface area contributed by atoms with Crippen LogP contribution in [-0.4, -0.2) is 35.2 Å². The minimum atomic E-state index is -0.186. The molecular weight excluding hydrogens is 350 g/mol. The van der Waals surface area contributed by atoms with Crippen molar-refractivity contribution in [2.45, 2.75) is 24.9 Å². The molecule has 0 fully saturated rings. The lowest BCUT2D eigenvalue weighted by molar-refractivity contribution is 0.642. The van der Waals surface area contributed by atoms with Gasteiger partial charge in [0.2, 0.25) is 5.16 Å². The molecule has 4 rings (SSSR count). The Morgan fingerprint density at radius 1 is 1.04 bits per heavy atom. The van der Waals surface area contributed by atoms with E-state index in [1.54, 1.807) is 16.8 Å². The summed E-state index contributed by atoms with van der Waals surface area (Å²) in [7, 11) is 0. The van der Waals surface area contributed by atoms with Gasteiger partial charge in [0.05, 0.1) is 17.0 Å². The van der Waals surface area contributed by atoms with Crippen LogP contribution >= 0.6 is 11.8 Å². The molecule has 2 aromatic carbocycles. The van der Waals surface area contributed by atoms with E-state index in [0.29, 0.717) is 16.1 Å². The van der Waals surface area contributed by atoms with Crippen LogP contribution in [0, 0.1) is 13.8 Å².